The lowest BCUT2D eigenvalue weighted by Gasteiger charge is -2.22. The lowest BCUT2D eigenvalue weighted by atomic mass is 10.2. The lowest BCUT2D eigenvalue weighted by Crippen LogP contribution is -2.47. The highest BCUT2D eigenvalue weighted by Gasteiger charge is 2.34. The summed E-state index contributed by atoms with van der Waals surface area (Å²) in [6.07, 6.45) is 0.943. The largest absolute Gasteiger partial charge is 0.497 e. The molecule has 0 spiro atoms. The molecule has 1 aliphatic rings. The molecule has 1 fully saturated rings. The SMILES string of the molecule is COC(=O)N1CCCC1C(=O)NNc1ccc(OC)cc1. The number of amides is 2. The molecule has 1 aromatic carbocycles. The molecule has 7 nitrogen and oxygen atoms in total. The second kappa shape index (κ2) is 6.83. The van der Waals surface area contributed by atoms with Gasteiger partial charge in [-0.25, -0.2) is 4.79 Å². The van der Waals surface area contributed by atoms with Gasteiger partial charge < -0.3 is 9.47 Å². The third-order valence-electron chi connectivity index (χ3n) is 3.38. The third-order valence-corrected chi connectivity index (χ3v) is 3.38. The molecular weight excluding hydrogens is 274 g/mol. The lowest BCUT2D eigenvalue weighted by molar-refractivity contribution is -0.124. The molecule has 1 aromatic rings. The quantitative estimate of drug-likeness (QED) is 0.820. The first-order valence-electron chi connectivity index (χ1n) is 6.70. The Morgan fingerprint density at radius 1 is 1.24 bits per heavy atom. The molecule has 1 unspecified atom stereocenters. The zero-order valence-electron chi connectivity index (χ0n) is 12.1. The van der Waals surface area contributed by atoms with E-state index in [4.69, 9.17) is 4.74 Å². The summed E-state index contributed by atoms with van der Waals surface area (Å²) in [6, 6.07) is 6.64. The number of likely N-dealkylation sites (tertiary alicyclic amines) is 1. The van der Waals surface area contributed by atoms with Crippen LogP contribution < -0.4 is 15.6 Å². The van der Waals surface area contributed by atoms with Crippen molar-refractivity contribution in [3.8, 4) is 5.75 Å². The molecule has 7 heteroatoms. The summed E-state index contributed by atoms with van der Waals surface area (Å²) in [6.45, 7) is 0.535. The predicted octanol–water partition coefficient (Wildman–Crippen LogP) is 1.37. The molecule has 0 saturated carbocycles. The molecule has 21 heavy (non-hydrogen) atoms. The van der Waals surface area contributed by atoms with Crippen LogP contribution in [0.5, 0.6) is 5.75 Å². The molecule has 1 saturated heterocycles. The highest BCUT2D eigenvalue weighted by molar-refractivity contribution is 5.87. The standard InChI is InChI=1S/C14H19N3O4/c1-20-11-7-5-10(6-8-11)15-16-13(18)12-4-3-9-17(12)14(19)21-2/h5-8,12,15H,3-4,9H2,1-2H3,(H,16,18). The van der Waals surface area contributed by atoms with Crippen LogP contribution >= 0.6 is 0 Å². The molecule has 0 bridgehead atoms. The Hall–Kier alpha value is -2.44. The van der Waals surface area contributed by atoms with Crippen molar-refractivity contribution in [1.29, 1.82) is 0 Å². The Morgan fingerprint density at radius 3 is 2.57 bits per heavy atom. The van der Waals surface area contributed by atoms with E-state index < -0.39 is 12.1 Å². The molecule has 1 heterocycles. The van der Waals surface area contributed by atoms with Crippen molar-refractivity contribution in [3.05, 3.63) is 24.3 Å². The minimum absolute atomic E-state index is 0.256. The summed E-state index contributed by atoms with van der Waals surface area (Å²) in [4.78, 5) is 25.1. The number of ether oxygens (including phenoxy) is 2. The van der Waals surface area contributed by atoms with Crippen molar-refractivity contribution in [1.82, 2.24) is 10.3 Å². The summed E-state index contributed by atoms with van der Waals surface area (Å²) in [5, 5.41) is 0. The van der Waals surface area contributed by atoms with Gasteiger partial charge in [-0.15, -0.1) is 0 Å². The van der Waals surface area contributed by atoms with E-state index in [0.717, 1.165) is 17.9 Å². The molecule has 0 radical (unpaired) electrons. The van der Waals surface area contributed by atoms with Crippen LogP contribution in [0, 0.1) is 0 Å². The second-order valence-corrected chi connectivity index (χ2v) is 4.66. The van der Waals surface area contributed by atoms with Crippen molar-refractivity contribution in [2.75, 3.05) is 26.2 Å². The Morgan fingerprint density at radius 2 is 1.95 bits per heavy atom. The van der Waals surface area contributed by atoms with Gasteiger partial charge in [0, 0.05) is 6.54 Å². The van der Waals surface area contributed by atoms with Gasteiger partial charge in [0.15, 0.2) is 0 Å². The smallest absolute Gasteiger partial charge is 0.410 e. The van der Waals surface area contributed by atoms with Crippen LogP contribution in [0.1, 0.15) is 12.8 Å². The summed E-state index contributed by atoms with van der Waals surface area (Å²) in [5.74, 6) is 0.480. The highest BCUT2D eigenvalue weighted by Crippen LogP contribution is 2.18. The number of anilines is 1. The summed E-state index contributed by atoms with van der Waals surface area (Å²) >= 11 is 0. The fourth-order valence-electron chi connectivity index (χ4n) is 2.27. The molecule has 1 atom stereocenters. The van der Waals surface area contributed by atoms with Crippen LogP contribution in [0.25, 0.3) is 0 Å². The Labute approximate surface area is 123 Å². The van der Waals surface area contributed by atoms with Crippen molar-refractivity contribution in [3.63, 3.8) is 0 Å². The summed E-state index contributed by atoms with van der Waals surface area (Å²) in [5.41, 5.74) is 6.15. The van der Waals surface area contributed by atoms with Crippen molar-refractivity contribution >= 4 is 17.7 Å². The summed E-state index contributed by atoms with van der Waals surface area (Å²) < 4.78 is 9.73. The van der Waals surface area contributed by atoms with E-state index in [2.05, 4.69) is 15.6 Å². The minimum atomic E-state index is -0.497. The second-order valence-electron chi connectivity index (χ2n) is 4.66. The fraction of sp³-hybridized carbons (Fsp3) is 0.429. The van der Waals surface area contributed by atoms with Crippen LogP contribution in [0.4, 0.5) is 10.5 Å². The number of nitrogens with one attached hydrogen (secondary N) is 2. The van der Waals surface area contributed by atoms with E-state index in [-0.39, 0.29) is 5.91 Å². The normalized spacial score (nSPS) is 17.2. The molecular formula is C14H19N3O4. The number of rotatable bonds is 4. The van der Waals surface area contributed by atoms with E-state index in [1.807, 2.05) is 0 Å². The molecule has 0 aliphatic carbocycles. The predicted molar refractivity (Wildman–Crippen MR) is 76.9 cm³/mol. The van der Waals surface area contributed by atoms with E-state index in [1.54, 1.807) is 31.4 Å². The first-order valence-corrected chi connectivity index (χ1v) is 6.70. The monoisotopic (exact) mass is 293 g/mol. The van der Waals surface area contributed by atoms with Crippen molar-refractivity contribution < 1.29 is 19.1 Å². The number of hydrogen-bond donors (Lipinski definition) is 2. The number of benzene rings is 1. The van der Waals surface area contributed by atoms with Gasteiger partial charge in [0.1, 0.15) is 11.8 Å². The number of hydrogen-bond acceptors (Lipinski definition) is 5. The maximum Gasteiger partial charge on any atom is 0.410 e. The van der Waals surface area contributed by atoms with Crippen LogP contribution in [0.15, 0.2) is 24.3 Å². The van der Waals surface area contributed by atoms with Crippen LogP contribution in [-0.4, -0.2) is 43.7 Å². The molecule has 2 amide bonds. The zero-order chi connectivity index (χ0) is 15.2. The first kappa shape index (κ1) is 15.0. The van der Waals surface area contributed by atoms with Crippen LogP contribution in [0.3, 0.4) is 0 Å². The van der Waals surface area contributed by atoms with Gasteiger partial charge >= 0.3 is 6.09 Å². The van der Waals surface area contributed by atoms with E-state index in [9.17, 15) is 9.59 Å². The van der Waals surface area contributed by atoms with E-state index in [1.165, 1.54) is 12.0 Å². The summed E-state index contributed by atoms with van der Waals surface area (Å²) in [7, 11) is 2.90. The topological polar surface area (TPSA) is 79.9 Å². The van der Waals surface area contributed by atoms with E-state index >= 15 is 0 Å². The average Bonchev–Trinajstić information content (AvgIpc) is 3.02. The number of methoxy groups -OCH3 is 2. The van der Waals surface area contributed by atoms with E-state index in [0.29, 0.717) is 13.0 Å². The van der Waals surface area contributed by atoms with Gasteiger partial charge in [0.05, 0.1) is 19.9 Å². The number of nitrogens with zero attached hydrogens (tertiary/aromatic N) is 1. The number of hydrazine groups is 1. The average molecular weight is 293 g/mol. The van der Waals surface area contributed by atoms with Gasteiger partial charge in [0.25, 0.3) is 5.91 Å². The zero-order valence-corrected chi connectivity index (χ0v) is 12.1. The number of carbonyl (C=O) groups excluding carboxylic acids is 2. The molecule has 1 aliphatic heterocycles. The fourth-order valence-corrected chi connectivity index (χ4v) is 2.27. The van der Waals surface area contributed by atoms with Gasteiger partial charge in [-0.3, -0.25) is 20.5 Å². The van der Waals surface area contributed by atoms with Gasteiger partial charge in [-0.05, 0) is 37.1 Å². The van der Waals surface area contributed by atoms with Crippen molar-refractivity contribution in [2.24, 2.45) is 0 Å². The first-order chi connectivity index (χ1) is 10.2. The maximum atomic E-state index is 12.1. The van der Waals surface area contributed by atoms with Gasteiger partial charge in [-0.1, -0.05) is 0 Å². The Kier molecular flexibility index (Phi) is 4.86. The molecule has 0 aromatic heterocycles. The van der Waals surface area contributed by atoms with Crippen LogP contribution in [0.2, 0.25) is 0 Å². The molecule has 2 N–H and O–H groups in total. The molecule has 114 valence electrons. The van der Waals surface area contributed by atoms with Crippen molar-refractivity contribution in [2.45, 2.75) is 18.9 Å². The number of carbonyl (C=O) groups is 2. The highest BCUT2D eigenvalue weighted by atomic mass is 16.5. The van der Waals surface area contributed by atoms with Gasteiger partial charge in [-0.2, -0.15) is 0 Å². The third kappa shape index (κ3) is 3.56. The Bertz CT molecular complexity index is 503. The Balaban J connectivity index is 1.90. The minimum Gasteiger partial charge on any atom is -0.497 e. The maximum absolute atomic E-state index is 12.1. The molecule has 2 rings (SSSR count). The van der Waals surface area contributed by atoms with Crippen LogP contribution in [-0.2, 0) is 9.53 Å². The van der Waals surface area contributed by atoms with Gasteiger partial charge in [0.2, 0.25) is 0 Å².